The molecule has 3 fully saturated rings. The number of nitrogens with zero attached hydrogens (tertiary/aromatic N) is 1. The molecular formula is C48H75BN4O9. The molecule has 3 N–H and O–H groups in total. The molecule has 344 valence electrons. The van der Waals surface area contributed by atoms with Gasteiger partial charge in [0.1, 0.15) is 23.4 Å². The number of likely N-dealkylation sites (tertiary alicyclic amines) is 1. The molecule has 13 nitrogen and oxygen atoms in total. The Kier molecular flexibility index (Phi) is 20.0. The Bertz CT molecular complexity index is 1910. The molecule has 1 saturated carbocycles. The molecule has 4 unspecified atom stereocenters. The van der Waals surface area contributed by atoms with Gasteiger partial charge in [-0.1, -0.05) is 78.8 Å². The SMILES string of the molecule is CC.CC(C)C.COc1ccc(COCC[C@H](NC(=O)C2CCCN2C(=O)C(C)NC(=O)OC(C)(C)C)B2OC3CCC(C)(C)CC3(C)O2)cc1.O=c1[nH]ccc2ccccc12. The average Bonchev–Trinajstić information content (AvgIpc) is 3.83. The lowest BCUT2D eigenvalue weighted by molar-refractivity contribution is -0.139. The zero-order valence-electron chi connectivity index (χ0n) is 39.7. The van der Waals surface area contributed by atoms with Crippen LogP contribution >= 0.6 is 0 Å². The number of ether oxygens (including phenoxy) is 3. The fourth-order valence-corrected chi connectivity index (χ4v) is 7.85. The zero-order valence-corrected chi connectivity index (χ0v) is 39.7. The molecule has 5 atom stereocenters. The summed E-state index contributed by atoms with van der Waals surface area (Å²) in [7, 11) is 0.994. The number of amides is 3. The summed E-state index contributed by atoms with van der Waals surface area (Å²) in [6, 6.07) is 15.6. The van der Waals surface area contributed by atoms with Gasteiger partial charge < -0.3 is 44.0 Å². The van der Waals surface area contributed by atoms with E-state index in [1.54, 1.807) is 45.9 Å². The molecule has 3 aliphatic rings. The van der Waals surface area contributed by atoms with Gasteiger partial charge in [0.2, 0.25) is 11.8 Å². The van der Waals surface area contributed by atoms with E-state index in [9.17, 15) is 19.2 Å². The van der Waals surface area contributed by atoms with Crippen LogP contribution < -0.4 is 20.9 Å². The molecule has 3 aromatic rings. The van der Waals surface area contributed by atoms with Crippen molar-refractivity contribution in [1.29, 1.82) is 0 Å². The number of carbonyl (C=O) groups is 3. The van der Waals surface area contributed by atoms with E-state index in [0.717, 1.165) is 47.3 Å². The number of methoxy groups -OCH3 is 1. The van der Waals surface area contributed by atoms with Gasteiger partial charge in [-0.05, 0) is 120 Å². The largest absolute Gasteiger partial charge is 0.497 e. The minimum Gasteiger partial charge on any atom is -0.497 e. The highest BCUT2D eigenvalue weighted by Crippen LogP contribution is 2.48. The van der Waals surface area contributed by atoms with Gasteiger partial charge in [0.05, 0.1) is 31.4 Å². The normalized spacial score (nSPS) is 21.1. The highest BCUT2D eigenvalue weighted by Gasteiger charge is 2.55. The van der Waals surface area contributed by atoms with Gasteiger partial charge in [0.25, 0.3) is 5.56 Å². The fourth-order valence-electron chi connectivity index (χ4n) is 7.85. The van der Waals surface area contributed by atoms with Crippen molar-refractivity contribution in [3.8, 4) is 5.75 Å². The van der Waals surface area contributed by atoms with E-state index in [1.807, 2.05) is 68.4 Å². The first-order valence-corrected chi connectivity index (χ1v) is 22.4. The molecule has 1 aliphatic carbocycles. The van der Waals surface area contributed by atoms with E-state index < -0.39 is 42.4 Å². The number of carbonyl (C=O) groups excluding carboxylic acids is 3. The number of H-pyrrole nitrogens is 1. The van der Waals surface area contributed by atoms with E-state index in [-0.39, 0.29) is 28.9 Å². The molecule has 0 radical (unpaired) electrons. The third-order valence-corrected chi connectivity index (χ3v) is 10.6. The number of rotatable bonds is 11. The molecule has 2 aromatic carbocycles. The number of hydrogen-bond acceptors (Lipinski definition) is 9. The topological polar surface area (TPSA) is 158 Å². The van der Waals surface area contributed by atoms with Crippen LogP contribution in [-0.2, 0) is 35.0 Å². The summed E-state index contributed by atoms with van der Waals surface area (Å²) in [5.74, 6) is 0.545. The first-order chi connectivity index (χ1) is 29.2. The molecule has 6 rings (SSSR count). The molecule has 1 aromatic heterocycles. The van der Waals surface area contributed by atoms with E-state index in [0.29, 0.717) is 39.0 Å². The minimum absolute atomic E-state index is 0.0249. The van der Waals surface area contributed by atoms with Crippen LogP contribution in [-0.4, -0.2) is 90.5 Å². The lowest BCUT2D eigenvalue weighted by Crippen LogP contribution is -2.56. The van der Waals surface area contributed by atoms with Crippen molar-refractivity contribution in [3.05, 3.63) is 76.7 Å². The molecule has 0 bridgehead atoms. The second-order valence-corrected chi connectivity index (χ2v) is 18.8. The third-order valence-electron chi connectivity index (χ3n) is 10.6. The maximum absolute atomic E-state index is 13.8. The maximum Gasteiger partial charge on any atom is 0.481 e. The molecular weight excluding hydrogens is 787 g/mol. The van der Waals surface area contributed by atoms with Gasteiger partial charge in [0, 0.05) is 24.7 Å². The molecule has 2 saturated heterocycles. The first kappa shape index (κ1) is 52.0. The number of aromatic amines is 1. The van der Waals surface area contributed by atoms with E-state index in [1.165, 1.54) is 0 Å². The van der Waals surface area contributed by atoms with Gasteiger partial charge in [-0.25, -0.2) is 4.79 Å². The quantitative estimate of drug-likeness (QED) is 0.127. The Hall–Kier alpha value is -4.40. The smallest absolute Gasteiger partial charge is 0.481 e. The second kappa shape index (κ2) is 23.9. The first-order valence-electron chi connectivity index (χ1n) is 22.4. The molecule has 3 heterocycles. The van der Waals surface area contributed by atoms with Crippen molar-refractivity contribution >= 4 is 35.8 Å². The standard InChI is InChI=1S/C33H52BN3O8.C9H7NO.C4H10.C2H6/c1-22(35-30(40)43-31(2,3)4)29(39)37-18-9-10-25(37)28(38)36-27(16-19-42-20-23-11-13-24(41-8)14-12-23)34-44-26-15-17-32(5,6)21-33(26,7)45-34;11-9-8-4-2-1-3-7(8)5-6-10-9;1-4(2)3;1-2/h11-14,22,25-27H,9-10,15-21H2,1-8H3,(H,35,40)(H,36,38);1-6H,(H,10,11);4H,1-3H3;1-2H3/t22?,25?,26?,27-,33?;;;/m0.../s1. The summed E-state index contributed by atoms with van der Waals surface area (Å²) in [5.41, 5.74) is -0.0103. The predicted octanol–water partition coefficient (Wildman–Crippen LogP) is 8.62. The third kappa shape index (κ3) is 16.1. The number of benzene rings is 2. The van der Waals surface area contributed by atoms with Crippen LogP contribution in [0.3, 0.4) is 0 Å². The van der Waals surface area contributed by atoms with Gasteiger partial charge in [0.15, 0.2) is 0 Å². The van der Waals surface area contributed by atoms with Crippen LogP contribution in [0, 0.1) is 11.3 Å². The molecule has 0 spiro atoms. The predicted molar refractivity (Wildman–Crippen MR) is 247 cm³/mol. The van der Waals surface area contributed by atoms with Crippen molar-refractivity contribution in [2.75, 3.05) is 20.3 Å². The van der Waals surface area contributed by atoms with Crippen LogP contribution in [0.25, 0.3) is 10.8 Å². The van der Waals surface area contributed by atoms with Gasteiger partial charge in [-0.2, -0.15) is 0 Å². The minimum atomic E-state index is -0.844. The summed E-state index contributed by atoms with van der Waals surface area (Å²) in [6.07, 6.45) is 5.40. The van der Waals surface area contributed by atoms with Crippen LogP contribution in [0.15, 0.2) is 65.6 Å². The summed E-state index contributed by atoms with van der Waals surface area (Å²) < 4.78 is 29.6. The van der Waals surface area contributed by atoms with E-state index >= 15 is 0 Å². The number of aromatic nitrogens is 1. The maximum atomic E-state index is 13.8. The Morgan fingerprint density at radius 2 is 1.63 bits per heavy atom. The second-order valence-electron chi connectivity index (χ2n) is 18.8. The summed E-state index contributed by atoms with van der Waals surface area (Å²) in [4.78, 5) is 54.7. The number of fused-ring (bicyclic) bond motifs is 2. The van der Waals surface area contributed by atoms with Crippen LogP contribution in [0.1, 0.15) is 127 Å². The zero-order chi connectivity index (χ0) is 46.3. The molecule has 14 heteroatoms. The number of pyridine rings is 1. The average molecular weight is 863 g/mol. The Balaban J connectivity index is 0.000000500. The van der Waals surface area contributed by atoms with Crippen molar-refractivity contribution in [2.45, 2.75) is 164 Å². The lowest BCUT2D eigenvalue weighted by atomic mass is 9.69. The number of nitrogens with one attached hydrogen (secondary N) is 3. The van der Waals surface area contributed by atoms with Crippen LogP contribution in [0.5, 0.6) is 5.75 Å². The summed E-state index contributed by atoms with van der Waals surface area (Å²) in [6.45, 7) is 25.2. The van der Waals surface area contributed by atoms with Crippen molar-refractivity contribution in [2.24, 2.45) is 11.3 Å². The van der Waals surface area contributed by atoms with Crippen molar-refractivity contribution in [1.82, 2.24) is 20.5 Å². The summed E-state index contributed by atoms with van der Waals surface area (Å²) in [5, 5.41) is 7.50. The van der Waals surface area contributed by atoms with Gasteiger partial charge in [-0.3, -0.25) is 14.4 Å². The lowest BCUT2D eigenvalue weighted by Gasteiger charge is -2.43. The van der Waals surface area contributed by atoms with Crippen LogP contribution in [0.2, 0.25) is 0 Å². The highest BCUT2D eigenvalue weighted by atomic mass is 16.7. The fraction of sp³-hybridized carbons (Fsp3) is 0.625. The van der Waals surface area contributed by atoms with E-state index in [2.05, 4.69) is 57.2 Å². The van der Waals surface area contributed by atoms with Gasteiger partial charge in [-0.15, -0.1) is 0 Å². The van der Waals surface area contributed by atoms with Crippen molar-refractivity contribution < 1.29 is 37.9 Å². The molecule has 3 amide bonds. The molecule has 2 aliphatic heterocycles. The number of alkyl carbamates (subject to hydrolysis) is 1. The van der Waals surface area contributed by atoms with Crippen LogP contribution in [0.4, 0.5) is 4.79 Å². The Morgan fingerprint density at radius 1 is 0.968 bits per heavy atom. The van der Waals surface area contributed by atoms with Crippen molar-refractivity contribution in [3.63, 3.8) is 0 Å². The Morgan fingerprint density at radius 3 is 2.26 bits per heavy atom. The molecule has 62 heavy (non-hydrogen) atoms. The van der Waals surface area contributed by atoms with Gasteiger partial charge >= 0.3 is 13.2 Å². The van der Waals surface area contributed by atoms with E-state index in [4.69, 9.17) is 23.5 Å². The Labute approximate surface area is 370 Å². The summed E-state index contributed by atoms with van der Waals surface area (Å²) >= 11 is 0. The monoisotopic (exact) mass is 863 g/mol. The highest BCUT2D eigenvalue weighted by molar-refractivity contribution is 6.47. The number of hydrogen-bond donors (Lipinski definition) is 3.